The van der Waals surface area contributed by atoms with Gasteiger partial charge in [-0.25, -0.2) is 9.78 Å². The fraction of sp³-hybridized carbons (Fsp3) is 0.214. The first kappa shape index (κ1) is 17.8. The number of halogens is 4. The van der Waals surface area contributed by atoms with Crippen LogP contribution in [0.2, 0.25) is 5.02 Å². The minimum absolute atomic E-state index is 0.0778. The third-order valence-corrected chi connectivity index (χ3v) is 2.99. The molecule has 0 aliphatic heterocycles. The second kappa shape index (κ2) is 6.91. The van der Waals surface area contributed by atoms with Crippen LogP contribution in [-0.2, 0) is 15.7 Å². The summed E-state index contributed by atoms with van der Waals surface area (Å²) in [5, 5.41) is 1.75. The van der Waals surface area contributed by atoms with Crippen molar-refractivity contribution in [1.29, 1.82) is 0 Å². The van der Waals surface area contributed by atoms with Crippen LogP contribution in [0.3, 0.4) is 0 Å². The number of nitrogens with zero attached hydrogens (tertiary/aromatic N) is 1. The Balaban J connectivity index is 1.94. The highest BCUT2D eigenvalue weighted by Crippen LogP contribution is 2.32. The fourth-order valence-electron chi connectivity index (χ4n) is 1.60. The Morgan fingerprint density at radius 1 is 1.38 bits per heavy atom. The second-order valence-corrected chi connectivity index (χ2v) is 4.99. The Morgan fingerprint density at radius 2 is 2.08 bits per heavy atom. The molecule has 0 atom stereocenters. The van der Waals surface area contributed by atoms with E-state index in [1.54, 1.807) is 13.0 Å². The predicted molar refractivity (Wildman–Crippen MR) is 76.6 cm³/mol. The Bertz CT molecular complexity index is 774. The normalized spacial score (nSPS) is 11.2. The third kappa shape index (κ3) is 4.48. The van der Waals surface area contributed by atoms with E-state index in [0.29, 0.717) is 18.0 Å². The number of hydrogen-bond acceptors (Lipinski definition) is 5. The maximum atomic E-state index is 12.5. The number of ether oxygens (including phenoxy) is 1. The van der Waals surface area contributed by atoms with Gasteiger partial charge in [0.1, 0.15) is 5.76 Å². The molecule has 0 fully saturated rings. The number of nitrogens with one attached hydrogen (secondary N) is 1. The van der Waals surface area contributed by atoms with E-state index in [-0.39, 0.29) is 11.6 Å². The Kier molecular flexibility index (Phi) is 5.13. The van der Waals surface area contributed by atoms with Crippen LogP contribution in [0.25, 0.3) is 0 Å². The molecule has 0 spiro atoms. The highest BCUT2D eigenvalue weighted by atomic mass is 35.5. The van der Waals surface area contributed by atoms with Crippen LogP contribution in [0.5, 0.6) is 0 Å². The highest BCUT2D eigenvalue weighted by molar-refractivity contribution is 6.33. The third-order valence-electron chi connectivity index (χ3n) is 2.70. The molecule has 0 aliphatic rings. The van der Waals surface area contributed by atoms with Crippen molar-refractivity contribution in [3.05, 3.63) is 46.5 Å². The van der Waals surface area contributed by atoms with Gasteiger partial charge in [-0.3, -0.25) is 4.79 Å². The number of aryl methyl sites for hydroxylation is 1. The van der Waals surface area contributed by atoms with Gasteiger partial charge in [-0.2, -0.15) is 13.2 Å². The van der Waals surface area contributed by atoms with Gasteiger partial charge in [0.05, 0.1) is 10.6 Å². The lowest BCUT2D eigenvalue weighted by Crippen LogP contribution is -2.21. The summed E-state index contributed by atoms with van der Waals surface area (Å²) in [6.07, 6.45) is -4.07. The van der Waals surface area contributed by atoms with Crippen molar-refractivity contribution < 1.29 is 31.9 Å². The quantitative estimate of drug-likeness (QED) is 0.842. The first-order valence-corrected chi connectivity index (χ1v) is 6.81. The number of furan rings is 1. The van der Waals surface area contributed by atoms with Crippen molar-refractivity contribution >= 4 is 29.3 Å². The number of rotatable bonds is 4. The summed E-state index contributed by atoms with van der Waals surface area (Å²) >= 11 is 5.64. The minimum Gasteiger partial charge on any atom is -0.454 e. The first-order chi connectivity index (χ1) is 11.2. The molecule has 2 heterocycles. The van der Waals surface area contributed by atoms with Crippen molar-refractivity contribution in [2.45, 2.75) is 13.1 Å². The van der Waals surface area contributed by atoms with Gasteiger partial charge >= 0.3 is 12.1 Å². The molecule has 0 aliphatic carbocycles. The SMILES string of the molecule is Cc1ccc(C(=O)OCC(=O)Nc2ncc(C(F)(F)F)cc2Cl)o1. The van der Waals surface area contributed by atoms with E-state index in [4.69, 9.17) is 20.8 Å². The number of pyridine rings is 1. The number of amides is 1. The van der Waals surface area contributed by atoms with Crippen molar-refractivity contribution in [2.75, 3.05) is 11.9 Å². The molecule has 0 unspecified atom stereocenters. The summed E-state index contributed by atoms with van der Waals surface area (Å²) in [7, 11) is 0. The monoisotopic (exact) mass is 362 g/mol. The summed E-state index contributed by atoms with van der Waals surface area (Å²) in [5.74, 6) is -1.54. The van der Waals surface area contributed by atoms with Crippen LogP contribution in [0.4, 0.5) is 19.0 Å². The molecule has 0 saturated heterocycles. The van der Waals surface area contributed by atoms with E-state index in [9.17, 15) is 22.8 Å². The Hall–Kier alpha value is -2.55. The number of anilines is 1. The van der Waals surface area contributed by atoms with Crippen molar-refractivity contribution in [3.63, 3.8) is 0 Å². The molecule has 10 heteroatoms. The zero-order chi connectivity index (χ0) is 17.9. The van der Waals surface area contributed by atoms with E-state index < -0.39 is 35.2 Å². The fourth-order valence-corrected chi connectivity index (χ4v) is 1.81. The van der Waals surface area contributed by atoms with Crippen molar-refractivity contribution in [1.82, 2.24) is 4.98 Å². The number of carbonyl (C=O) groups is 2. The molecule has 24 heavy (non-hydrogen) atoms. The zero-order valence-electron chi connectivity index (χ0n) is 12.1. The minimum atomic E-state index is -4.60. The standard InChI is InChI=1S/C14H10ClF3N2O4/c1-7-2-3-10(24-7)13(22)23-6-11(21)20-12-9(15)4-8(5-19-12)14(16,17)18/h2-5H,6H2,1H3,(H,19,20,21). The van der Waals surface area contributed by atoms with E-state index in [0.717, 1.165) is 0 Å². The summed E-state index contributed by atoms with van der Waals surface area (Å²) < 4.78 is 47.2. The first-order valence-electron chi connectivity index (χ1n) is 6.43. The molecule has 1 N–H and O–H groups in total. The van der Waals surface area contributed by atoms with Gasteiger partial charge in [-0.1, -0.05) is 11.6 Å². The number of hydrogen-bond donors (Lipinski definition) is 1. The van der Waals surface area contributed by atoms with E-state index in [1.165, 1.54) is 6.07 Å². The van der Waals surface area contributed by atoms with Gasteiger partial charge in [-0.15, -0.1) is 0 Å². The molecular formula is C14H10ClF3N2O4. The van der Waals surface area contributed by atoms with Crippen LogP contribution in [-0.4, -0.2) is 23.5 Å². The molecule has 0 radical (unpaired) electrons. The van der Waals surface area contributed by atoms with Gasteiger partial charge in [0.2, 0.25) is 5.76 Å². The average Bonchev–Trinajstić information content (AvgIpc) is 2.92. The molecule has 0 aromatic carbocycles. The maximum Gasteiger partial charge on any atom is 0.417 e. The molecule has 2 aromatic heterocycles. The lowest BCUT2D eigenvalue weighted by Gasteiger charge is -2.10. The largest absolute Gasteiger partial charge is 0.454 e. The predicted octanol–water partition coefficient (Wildman–Crippen LogP) is 3.45. The summed E-state index contributed by atoms with van der Waals surface area (Å²) in [6.45, 7) is 0.944. The molecule has 0 bridgehead atoms. The smallest absolute Gasteiger partial charge is 0.417 e. The molecule has 128 valence electrons. The van der Waals surface area contributed by atoms with Crippen LogP contribution in [0.15, 0.2) is 28.8 Å². The van der Waals surface area contributed by atoms with Gasteiger partial charge in [0.15, 0.2) is 12.4 Å². The van der Waals surface area contributed by atoms with Gasteiger partial charge in [0.25, 0.3) is 5.91 Å². The van der Waals surface area contributed by atoms with Crippen LogP contribution < -0.4 is 5.32 Å². The van der Waals surface area contributed by atoms with Crippen LogP contribution in [0.1, 0.15) is 21.9 Å². The van der Waals surface area contributed by atoms with E-state index in [1.807, 2.05) is 0 Å². The van der Waals surface area contributed by atoms with Crippen molar-refractivity contribution in [3.8, 4) is 0 Å². The summed E-state index contributed by atoms with van der Waals surface area (Å²) in [4.78, 5) is 26.7. The van der Waals surface area contributed by atoms with Crippen LogP contribution >= 0.6 is 11.6 Å². The van der Waals surface area contributed by atoms with Gasteiger partial charge in [-0.05, 0) is 25.1 Å². The second-order valence-electron chi connectivity index (χ2n) is 4.59. The molecule has 6 nitrogen and oxygen atoms in total. The Morgan fingerprint density at radius 3 is 2.62 bits per heavy atom. The molecule has 2 aromatic rings. The number of alkyl halides is 3. The van der Waals surface area contributed by atoms with Crippen molar-refractivity contribution in [2.24, 2.45) is 0 Å². The highest BCUT2D eigenvalue weighted by Gasteiger charge is 2.31. The lowest BCUT2D eigenvalue weighted by molar-refractivity contribution is -0.137. The summed E-state index contributed by atoms with van der Waals surface area (Å²) in [5.41, 5.74) is -1.05. The molecule has 0 saturated carbocycles. The van der Waals surface area contributed by atoms with E-state index in [2.05, 4.69) is 10.3 Å². The lowest BCUT2D eigenvalue weighted by atomic mass is 10.3. The maximum absolute atomic E-state index is 12.5. The number of esters is 1. The topological polar surface area (TPSA) is 81.4 Å². The molecule has 1 amide bonds. The Labute approximate surface area is 138 Å². The van der Waals surface area contributed by atoms with Crippen LogP contribution in [0, 0.1) is 6.92 Å². The average molecular weight is 363 g/mol. The molecular weight excluding hydrogens is 353 g/mol. The zero-order valence-corrected chi connectivity index (χ0v) is 12.9. The van der Waals surface area contributed by atoms with Gasteiger partial charge < -0.3 is 14.5 Å². The number of aromatic nitrogens is 1. The van der Waals surface area contributed by atoms with E-state index >= 15 is 0 Å². The molecule has 2 rings (SSSR count). The number of carbonyl (C=O) groups excluding carboxylic acids is 2. The summed E-state index contributed by atoms with van der Waals surface area (Å²) in [6, 6.07) is 3.55. The van der Waals surface area contributed by atoms with Gasteiger partial charge in [0, 0.05) is 6.20 Å².